The average Bonchev–Trinajstić information content (AvgIpc) is 3.08. The van der Waals surface area contributed by atoms with Crippen molar-refractivity contribution in [3.8, 4) is 0 Å². The van der Waals surface area contributed by atoms with Crippen LogP contribution < -0.4 is 11.1 Å². The molecular weight excluding hydrogens is 204 g/mol. The van der Waals surface area contributed by atoms with Gasteiger partial charge in [0.05, 0.1) is 5.54 Å². The molecule has 1 saturated carbocycles. The number of carbonyl (C=O) groups is 1. The molecule has 0 aliphatic heterocycles. The molecule has 0 radical (unpaired) electrons. The topological polar surface area (TPSA) is 64.3 Å². The van der Waals surface area contributed by atoms with E-state index < -0.39 is 0 Å². The second-order valence-corrected chi connectivity index (χ2v) is 4.89. The molecule has 1 unspecified atom stereocenters. The Labute approximate surface area is 97.9 Å². The largest absolute Gasteiger partial charge is 0.385 e. The molecule has 1 rings (SSSR count). The van der Waals surface area contributed by atoms with Gasteiger partial charge in [0, 0.05) is 26.7 Å². The number of hydrogen-bond acceptors (Lipinski definition) is 3. The minimum Gasteiger partial charge on any atom is -0.385 e. The van der Waals surface area contributed by atoms with E-state index in [9.17, 15) is 4.79 Å². The summed E-state index contributed by atoms with van der Waals surface area (Å²) in [6.07, 6.45) is 4.78. The van der Waals surface area contributed by atoms with Gasteiger partial charge in [0.15, 0.2) is 0 Å². The molecule has 16 heavy (non-hydrogen) atoms. The van der Waals surface area contributed by atoms with Crippen LogP contribution in [0, 0.1) is 5.92 Å². The highest BCUT2D eigenvalue weighted by atomic mass is 16.5. The van der Waals surface area contributed by atoms with Gasteiger partial charge < -0.3 is 15.8 Å². The maximum absolute atomic E-state index is 11.7. The summed E-state index contributed by atoms with van der Waals surface area (Å²) < 4.78 is 4.94. The van der Waals surface area contributed by atoms with E-state index in [0.29, 0.717) is 18.9 Å². The zero-order valence-corrected chi connectivity index (χ0v) is 10.4. The normalized spacial score (nSPS) is 19.2. The first kappa shape index (κ1) is 13.5. The predicted octanol–water partition coefficient (Wildman–Crippen LogP) is 1.05. The summed E-state index contributed by atoms with van der Waals surface area (Å²) in [6.45, 7) is 3.31. The van der Waals surface area contributed by atoms with Gasteiger partial charge >= 0.3 is 0 Å². The minimum atomic E-state index is -0.182. The van der Waals surface area contributed by atoms with Crippen molar-refractivity contribution in [1.29, 1.82) is 0 Å². The lowest BCUT2D eigenvalue weighted by Crippen LogP contribution is -2.53. The van der Waals surface area contributed by atoms with E-state index >= 15 is 0 Å². The van der Waals surface area contributed by atoms with Crippen molar-refractivity contribution in [3.63, 3.8) is 0 Å². The Balaban J connectivity index is 2.21. The van der Waals surface area contributed by atoms with Gasteiger partial charge in [0.25, 0.3) is 0 Å². The molecule has 4 nitrogen and oxygen atoms in total. The van der Waals surface area contributed by atoms with Crippen LogP contribution in [0.1, 0.15) is 39.0 Å². The molecule has 94 valence electrons. The van der Waals surface area contributed by atoms with Crippen LogP contribution in [-0.2, 0) is 9.53 Å². The molecule has 0 spiro atoms. The van der Waals surface area contributed by atoms with Gasteiger partial charge in [0.2, 0.25) is 5.91 Å². The van der Waals surface area contributed by atoms with Gasteiger partial charge in [-0.25, -0.2) is 0 Å². The monoisotopic (exact) mass is 228 g/mol. The summed E-state index contributed by atoms with van der Waals surface area (Å²) in [5.41, 5.74) is 5.56. The molecule has 0 aromatic carbocycles. The molecule has 0 aromatic rings. The fourth-order valence-corrected chi connectivity index (χ4v) is 1.95. The maximum Gasteiger partial charge on any atom is 0.220 e. The molecule has 1 amide bonds. The van der Waals surface area contributed by atoms with Gasteiger partial charge in [0.1, 0.15) is 0 Å². The van der Waals surface area contributed by atoms with Gasteiger partial charge in [-0.1, -0.05) is 0 Å². The number of hydrogen-bond donors (Lipinski definition) is 2. The Morgan fingerprint density at radius 1 is 1.50 bits per heavy atom. The molecule has 1 fully saturated rings. The van der Waals surface area contributed by atoms with E-state index in [1.54, 1.807) is 7.11 Å². The molecule has 3 N–H and O–H groups in total. The molecule has 0 heterocycles. The van der Waals surface area contributed by atoms with Crippen molar-refractivity contribution in [1.82, 2.24) is 5.32 Å². The Bertz CT molecular complexity index is 229. The first-order valence-corrected chi connectivity index (χ1v) is 6.12. The van der Waals surface area contributed by atoms with Crippen molar-refractivity contribution in [2.24, 2.45) is 11.7 Å². The quantitative estimate of drug-likeness (QED) is 0.610. The van der Waals surface area contributed by atoms with E-state index in [2.05, 4.69) is 12.2 Å². The van der Waals surface area contributed by atoms with Crippen LogP contribution in [0.3, 0.4) is 0 Å². The highest BCUT2D eigenvalue weighted by molar-refractivity contribution is 5.76. The van der Waals surface area contributed by atoms with Crippen molar-refractivity contribution in [2.75, 3.05) is 20.3 Å². The summed E-state index contributed by atoms with van der Waals surface area (Å²) in [7, 11) is 1.68. The summed E-state index contributed by atoms with van der Waals surface area (Å²) in [6, 6.07) is 0. The van der Waals surface area contributed by atoms with Crippen molar-refractivity contribution < 1.29 is 9.53 Å². The zero-order valence-electron chi connectivity index (χ0n) is 10.4. The third kappa shape index (κ3) is 4.10. The molecule has 1 atom stereocenters. The third-order valence-electron chi connectivity index (χ3n) is 3.33. The maximum atomic E-state index is 11.7. The highest BCUT2D eigenvalue weighted by Gasteiger charge is 2.41. The molecule has 0 aromatic heterocycles. The smallest absolute Gasteiger partial charge is 0.220 e. The first-order chi connectivity index (χ1) is 7.62. The van der Waals surface area contributed by atoms with Crippen molar-refractivity contribution in [2.45, 2.75) is 44.6 Å². The summed E-state index contributed by atoms with van der Waals surface area (Å²) >= 11 is 0. The van der Waals surface area contributed by atoms with Crippen LogP contribution in [0.5, 0.6) is 0 Å². The summed E-state index contributed by atoms with van der Waals surface area (Å²) in [5.74, 6) is 0.705. The zero-order chi connectivity index (χ0) is 12.0. The predicted molar refractivity (Wildman–Crippen MR) is 64.1 cm³/mol. The molecule has 0 saturated heterocycles. The highest BCUT2D eigenvalue weighted by Crippen LogP contribution is 2.38. The Hall–Kier alpha value is -0.610. The van der Waals surface area contributed by atoms with Gasteiger partial charge in [-0.05, 0) is 38.5 Å². The van der Waals surface area contributed by atoms with Crippen molar-refractivity contribution in [3.05, 3.63) is 0 Å². The number of carbonyl (C=O) groups excluding carboxylic acids is 1. The van der Waals surface area contributed by atoms with E-state index in [1.807, 2.05) is 0 Å². The molecule has 0 bridgehead atoms. The van der Waals surface area contributed by atoms with Crippen LogP contribution in [0.25, 0.3) is 0 Å². The number of nitrogens with one attached hydrogen (secondary N) is 1. The van der Waals surface area contributed by atoms with Gasteiger partial charge in [-0.3, -0.25) is 4.79 Å². The van der Waals surface area contributed by atoms with Crippen LogP contribution in [0.2, 0.25) is 0 Å². The lowest BCUT2D eigenvalue weighted by atomic mass is 9.95. The van der Waals surface area contributed by atoms with E-state index in [4.69, 9.17) is 10.5 Å². The minimum absolute atomic E-state index is 0.121. The number of nitrogens with two attached hydrogens (primary N) is 1. The third-order valence-corrected chi connectivity index (χ3v) is 3.33. The van der Waals surface area contributed by atoms with Crippen LogP contribution in [0.15, 0.2) is 0 Å². The average molecular weight is 228 g/mol. The SMILES string of the molecule is COCCCCC(=O)NC(C)(CN)C1CC1. The molecule has 1 aliphatic rings. The van der Waals surface area contributed by atoms with Crippen LogP contribution in [0.4, 0.5) is 0 Å². The summed E-state index contributed by atoms with van der Waals surface area (Å²) in [5, 5.41) is 3.08. The van der Waals surface area contributed by atoms with E-state index in [-0.39, 0.29) is 11.4 Å². The summed E-state index contributed by atoms with van der Waals surface area (Å²) in [4.78, 5) is 11.7. The molecular formula is C12H24N2O2. The fraction of sp³-hybridized carbons (Fsp3) is 0.917. The number of methoxy groups -OCH3 is 1. The second kappa shape index (κ2) is 6.21. The number of amides is 1. The van der Waals surface area contributed by atoms with Crippen LogP contribution in [-0.4, -0.2) is 31.7 Å². The molecule has 4 heteroatoms. The van der Waals surface area contributed by atoms with E-state index in [1.165, 1.54) is 12.8 Å². The standard InChI is InChI=1S/C12H24N2O2/c1-12(9-13,10-6-7-10)14-11(15)5-3-4-8-16-2/h10H,3-9,13H2,1-2H3,(H,14,15). The van der Waals surface area contributed by atoms with E-state index in [0.717, 1.165) is 19.4 Å². The van der Waals surface area contributed by atoms with Gasteiger partial charge in [-0.15, -0.1) is 0 Å². The lowest BCUT2D eigenvalue weighted by Gasteiger charge is -2.29. The number of unbranched alkanes of at least 4 members (excludes halogenated alkanes) is 1. The van der Waals surface area contributed by atoms with Gasteiger partial charge in [-0.2, -0.15) is 0 Å². The van der Waals surface area contributed by atoms with Crippen LogP contribution >= 0.6 is 0 Å². The number of rotatable bonds is 8. The Kier molecular flexibility index (Phi) is 5.22. The number of ether oxygens (including phenoxy) is 1. The Morgan fingerprint density at radius 2 is 2.19 bits per heavy atom. The Morgan fingerprint density at radius 3 is 2.69 bits per heavy atom. The fourth-order valence-electron chi connectivity index (χ4n) is 1.95. The van der Waals surface area contributed by atoms with Crippen molar-refractivity contribution >= 4 is 5.91 Å². The molecule has 1 aliphatic carbocycles. The second-order valence-electron chi connectivity index (χ2n) is 4.89. The lowest BCUT2D eigenvalue weighted by molar-refractivity contribution is -0.123. The first-order valence-electron chi connectivity index (χ1n) is 6.12.